The Hall–Kier alpha value is -2.14. The molecule has 21 heavy (non-hydrogen) atoms. The summed E-state index contributed by atoms with van der Waals surface area (Å²) >= 11 is 0. The van der Waals surface area contributed by atoms with Crippen LogP contribution in [0.5, 0.6) is 0 Å². The van der Waals surface area contributed by atoms with Gasteiger partial charge in [-0.25, -0.2) is 4.98 Å². The fourth-order valence-electron chi connectivity index (χ4n) is 2.58. The van der Waals surface area contributed by atoms with Gasteiger partial charge in [-0.2, -0.15) is 0 Å². The third kappa shape index (κ3) is 2.97. The largest absolute Gasteiger partial charge is 0.317 e. The number of anilines is 1. The van der Waals surface area contributed by atoms with Gasteiger partial charge in [0.2, 0.25) is 5.95 Å². The summed E-state index contributed by atoms with van der Waals surface area (Å²) in [6.45, 7) is 6.83. The van der Waals surface area contributed by atoms with E-state index in [1.165, 1.54) is 11.1 Å². The number of amides is 1. The average molecular weight is 284 g/mol. The van der Waals surface area contributed by atoms with Gasteiger partial charge in [0.25, 0.3) is 5.91 Å². The minimum Gasteiger partial charge on any atom is -0.317 e. The van der Waals surface area contributed by atoms with Crippen LogP contribution in [-0.2, 0) is 19.6 Å². The highest BCUT2D eigenvalue weighted by atomic mass is 16.1. The monoisotopic (exact) mass is 284 g/mol. The Labute approximate surface area is 124 Å². The molecule has 0 saturated carbocycles. The Bertz CT molecular complexity index is 660. The molecule has 1 aromatic heterocycles. The van der Waals surface area contributed by atoms with Gasteiger partial charge in [0.05, 0.1) is 0 Å². The molecule has 0 fully saturated rings. The van der Waals surface area contributed by atoms with E-state index < -0.39 is 0 Å². The zero-order valence-corrected chi connectivity index (χ0v) is 12.4. The lowest BCUT2D eigenvalue weighted by Crippen LogP contribution is -2.17. The van der Waals surface area contributed by atoms with E-state index in [1.807, 2.05) is 29.0 Å². The maximum absolute atomic E-state index is 12.4. The van der Waals surface area contributed by atoms with Crippen molar-refractivity contribution in [3.8, 4) is 0 Å². The lowest BCUT2D eigenvalue weighted by atomic mass is 10.1. The number of carbonyl (C=O) groups excluding carboxylic acids is 1. The van der Waals surface area contributed by atoms with Gasteiger partial charge >= 0.3 is 0 Å². The van der Waals surface area contributed by atoms with Crippen molar-refractivity contribution >= 4 is 11.9 Å². The molecule has 110 valence electrons. The first kappa shape index (κ1) is 13.8. The summed E-state index contributed by atoms with van der Waals surface area (Å²) in [5.41, 5.74) is 3.15. The molecule has 2 N–H and O–H groups in total. The topological polar surface area (TPSA) is 59.0 Å². The summed E-state index contributed by atoms with van der Waals surface area (Å²) < 4.78 is 1.97. The third-order valence-electron chi connectivity index (χ3n) is 3.60. The summed E-state index contributed by atoms with van der Waals surface area (Å²) in [6.07, 6.45) is 3.60. The van der Waals surface area contributed by atoms with Gasteiger partial charge < -0.3 is 9.88 Å². The van der Waals surface area contributed by atoms with Crippen LogP contribution >= 0.6 is 0 Å². The van der Waals surface area contributed by atoms with E-state index in [4.69, 9.17) is 0 Å². The zero-order chi connectivity index (χ0) is 14.8. The Morgan fingerprint density at radius 1 is 1.38 bits per heavy atom. The molecule has 5 heteroatoms. The number of hydrogen-bond donors (Lipinski definition) is 2. The van der Waals surface area contributed by atoms with Crippen molar-refractivity contribution in [3.05, 3.63) is 47.3 Å². The van der Waals surface area contributed by atoms with Gasteiger partial charge in [-0.15, -0.1) is 0 Å². The van der Waals surface area contributed by atoms with E-state index in [2.05, 4.69) is 29.5 Å². The highest BCUT2D eigenvalue weighted by Crippen LogP contribution is 2.18. The van der Waals surface area contributed by atoms with E-state index in [1.54, 1.807) is 6.20 Å². The van der Waals surface area contributed by atoms with Crippen LogP contribution in [0.1, 0.15) is 35.3 Å². The number of nitrogens with zero attached hydrogens (tertiary/aromatic N) is 2. The molecular formula is C16H20N4O. The first-order valence-electron chi connectivity index (χ1n) is 7.28. The van der Waals surface area contributed by atoms with E-state index in [0.29, 0.717) is 17.4 Å². The van der Waals surface area contributed by atoms with E-state index in [0.717, 1.165) is 19.6 Å². The van der Waals surface area contributed by atoms with Crippen molar-refractivity contribution in [2.45, 2.75) is 33.5 Å². The highest BCUT2D eigenvalue weighted by Gasteiger charge is 2.15. The van der Waals surface area contributed by atoms with Gasteiger partial charge in [-0.1, -0.05) is 19.9 Å². The highest BCUT2D eigenvalue weighted by molar-refractivity contribution is 6.03. The molecule has 1 amide bonds. The first-order valence-corrected chi connectivity index (χ1v) is 7.28. The molecule has 1 aromatic carbocycles. The van der Waals surface area contributed by atoms with Gasteiger partial charge in [0.1, 0.15) is 0 Å². The quantitative estimate of drug-likeness (QED) is 0.906. The molecule has 5 nitrogen and oxygen atoms in total. The number of benzene rings is 1. The van der Waals surface area contributed by atoms with Crippen molar-refractivity contribution in [2.24, 2.45) is 5.92 Å². The number of carbonyl (C=O) groups is 1. The molecule has 0 atom stereocenters. The Kier molecular flexibility index (Phi) is 3.75. The van der Waals surface area contributed by atoms with Gasteiger partial charge in [-0.3, -0.25) is 10.1 Å². The molecule has 0 radical (unpaired) electrons. The third-order valence-corrected chi connectivity index (χ3v) is 3.60. The Morgan fingerprint density at radius 3 is 3.00 bits per heavy atom. The summed E-state index contributed by atoms with van der Waals surface area (Å²) in [4.78, 5) is 16.6. The molecule has 1 aliphatic rings. The maximum Gasteiger partial charge on any atom is 0.257 e. The molecule has 0 bridgehead atoms. The normalized spacial score (nSPS) is 13.5. The molecule has 1 aliphatic heterocycles. The molecule has 2 aromatic rings. The summed E-state index contributed by atoms with van der Waals surface area (Å²) in [7, 11) is 0. The van der Waals surface area contributed by atoms with Crippen LogP contribution in [0.2, 0.25) is 0 Å². The van der Waals surface area contributed by atoms with Crippen molar-refractivity contribution in [3.63, 3.8) is 0 Å². The number of imidazole rings is 1. The average Bonchev–Trinajstić information content (AvgIpc) is 3.06. The Balaban J connectivity index is 1.76. The van der Waals surface area contributed by atoms with Crippen molar-refractivity contribution in [2.75, 3.05) is 5.32 Å². The zero-order valence-electron chi connectivity index (χ0n) is 12.4. The molecule has 2 heterocycles. The minimum absolute atomic E-state index is 0.110. The first-order chi connectivity index (χ1) is 10.1. The number of hydrogen-bond acceptors (Lipinski definition) is 3. The van der Waals surface area contributed by atoms with Gasteiger partial charge in [0.15, 0.2) is 0 Å². The minimum atomic E-state index is -0.110. The second-order valence-corrected chi connectivity index (χ2v) is 5.84. The molecule has 0 aliphatic carbocycles. The van der Waals surface area contributed by atoms with Crippen LogP contribution in [0.15, 0.2) is 30.6 Å². The molecule has 3 rings (SSSR count). The standard InChI is InChI=1S/C16H20N4O/c1-11(2)10-20-6-5-18-16(20)19-15(21)12-3-4-13-8-17-9-14(13)7-12/h3-7,11,17H,8-10H2,1-2H3,(H,18,19,21). The van der Waals surface area contributed by atoms with Crippen molar-refractivity contribution in [1.82, 2.24) is 14.9 Å². The maximum atomic E-state index is 12.4. The van der Waals surface area contributed by atoms with Gasteiger partial charge in [-0.05, 0) is 29.2 Å². The fraction of sp³-hybridized carbons (Fsp3) is 0.375. The predicted molar refractivity (Wildman–Crippen MR) is 82.0 cm³/mol. The van der Waals surface area contributed by atoms with Crippen LogP contribution in [0.25, 0.3) is 0 Å². The molecule has 0 unspecified atom stereocenters. The van der Waals surface area contributed by atoms with E-state index in [-0.39, 0.29) is 5.91 Å². The number of fused-ring (bicyclic) bond motifs is 1. The smallest absolute Gasteiger partial charge is 0.257 e. The van der Waals surface area contributed by atoms with Crippen LogP contribution < -0.4 is 10.6 Å². The van der Waals surface area contributed by atoms with Crippen LogP contribution in [-0.4, -0.2) is 15.5 Å². The van der Waals surface area contributed by atoms with Crippen molar-refractivity contribution < 1.29 is 4.79 Å². The van der Waals surface area contributed by atoms with Gasteiger partial charge in [0, 0.05) is 37.6 Å². The molecule has 0 saturated heterocycles. The number of rotatable bonds is 4. The van der Waals surface area contributed by atoms with Crippen LogP contribution in [0, 0.1) is 5.92 Å². The SMILES string of the molecule is CC(C)Cn1ccnc1NC(=O)c1ccc2c(c1)CNC2. The summed E-state index contributed by atoms with van der Waals surface area (Å²) in [5.74, 6) is 0.995. The fourth-order valence-corrected chi connectivity index (χ4v) is 2.58. The molecular weight excluding hydrogens is 264 g/mol. The second-order valence-electron chi connectivity index (χ2n) is 5.84. The Morgan fingerprint density at radius 2 is 2.19 bits per heavy atom. The van der Waals surface area contributed by atoms with Crippen LogP contribution in [0.3, 0.4) is 0 Å². The van der Waals surface area contributed by atoms with Crippen LogP contribution in [0.4, 0.5) is 5.95 Å². The second kappa shape index (κ2) is 5.69. The van der Waals surface area contributed by atoms with Crippen molar-refractivity contribution in [1.29, 1.82) is 0 Å². The number of nitrogens with one attached hydrogen (secondary N) is 2. The lowest BCUT2D eigenvalue weighted by Gasteiger charge is -2.11. The summed E-state index contributed by atoms with van der Waals surface area (Å²) in [5, 5.41) is 6.18. The number of aromatic nitrogens is 2. The molecule has 0 spiro atoms. The lowest BCUT2D eigenvalue weighted by molar-refractivity contribution is 0.102. The van der Waals surface area contributed by atoms with E-state index in [9.17, 15) is 4.79 Å². The van der Waals surface area contributed by atoms with E-state index >= 15 is 0 Å². The predicted octanol–water partition coefficient (Wildman–Crippen LogP) is 2.39. The summed E-state index contributed by atoms with van der Waals surface area (Å²) in [6, 6.07) is 5.85.